The molecule has 1 heterocycles. The zero-order valence-electron chi connectivity index (χ0n) is 11.9. The maximum Gasteiger partial charge on any atom is 0.329 e. The molecule has 0 fully saturated rings. The highest BCUT2D eigenvalue weighted by Crippen LogP contribution is 2.25. The predicted octanol–water partition coefficient (Wildman–Crippen LogP) is 0.263. The van der Waals surface area contributed by atoms with E-state index in [1.807, 2.05) is 0 Å². The molecule has 0 aliphatic carbocycles. The van der Waals surface area contributed by atoms with Crippen LogP contribution in [-0.2, 0) is 14.3 Å². The van der Waals surface area contributed by atoms with Crippen molar-refractivity contribution < 1.29 is 29.0 Å². The molecule has 0 bridgehead atoms. The van der Waals surface area contributed by atoms with Gasteiger partial charge in [0.25, 0.3) is 11.8 Å². The van der Waals surface area contributed by atoms with Crippen LogP contribution in [0.3, 0.4) is 0 Å². The molecule has 23 heavy (non-hydrogen) atoms. The highest BCUT2D eigenvalue weighted by Gasteiger charge is 2.36. The van der Waals surface area contributed by atoms with E-state index in [1.165, 1.54) is 12.1 Å². The molecule has 0 saturated carbocycles. The zero-order valence-corrected chi connectivity index (χ0v) is 13.5. The molecular formula is C14H13BrN2O6. The van der Waals surface area contributed by atoms with Crippen LogP contribution in [0.15, 0.2) is 22.7 Å². The fourth-order valence-corrected chi connectivity index (χ4v) is 2.39. The van der Waals surface area contributed by atoms with E-state index in [0.717, 1.165) is 4.90 Å². The van der Waals surface area contributed by atoms with Crippen LogP contribution < -0.4 is 5.32 Å². The van der Waals surface area contributed by atoms with Gasteiger partial charge in [0.05, 0.1) is 17.7 Å². The summed E-state index contributed by atoms with van der Waals surface area (Å²) in [6, 6.07) is 4.71. The van der Waals surface area contributed by atoms with E-state index in [1.54, 1.807) is 6.07 Å². The number of fused-ring (bicyclic) bond motifs is 1. The van der Waals surface area contributed by atoms with Crippen LogP contribution in [0.1, 0.15) is 20.7 Å². The van der Waals surface area contributed by atoms with E-state index >= 15 is 0 Å². The molecule has 1 aromatic rings. The summed E-state index contributed by atoms with van der Waals surface area (Å²) in [7, 11) is 0. The van der Waals surface area contributed by atoms with E-state index in [2.05, 4.69) is 21.2 Å². The Morgan fingerprint density at radius 2 is 1.91 bits per heavy atom. The van der Waals surface area contributed by atoms with Crippen molar-refractivity contribution >= 4 is 39.6 Å². The van der Waals surface area contributed by atoms with Crippen molar-refractivity contribution in [2.24, 2.45) is 0 Å². The molecule has 122 valence electrons. The molecule has 9 heteroatoms. The average Bonchev–Trinajstić information content (AvgIpc) is 2.71. The van der Waals surface area contributed by atoms with Crippen molar-refractivity contribution in [2.75, 3.05) is 26.3 Å². The summed E-state index contributed by atoms with van der Waals surface area (Å²) in [6.07, 6.45) is 0. The van der Waals surface area contributed by atoms with Gasteiger partial charge in [0.2, 0.25) is 5.91 Å². The molecule has 1 aromatic carbocycles. The van der Waals surface area contributed by atoms with Crippen LogP contribution in [-0.4, -0.2) is 60.0 Å². The molecule has 3 amide bonds. The highest BCUT2D eigenvalue weighted by atomic mass is 79.9. The van der Waals surface area contributed by atoms with Crippen LogP contribution in [0, 0.1) is 0 Å². The molecule has 0 atom stereocenters. The fraction of sp³-hybridized carbons (Fsp3) is 0.286. The van der Waals surface area contributed by atoms with Gasteiger partial charge >= 0.3 is 5.97 Å². The SMILES string of the molecule is O=C(O)COCCNC(=O)CN1C(=O)c2ccc(Br)cc2C1=O. The maximum atomic E-state index is 12.2. The Kier molecular flexibility index (Phi) is 5.45. The number of amides is 3. The maximum absolute atomic E-state index is 12.2. The second-order valence-corrected chi connectivity index (χ2v) is 5.60. The van der Waals surface area contributed by atoms with Crippen molar-refractivity contribution in [3.63, 3.8) is 0 Å². The Hall–Kier alpha value is -2.26. The van der Waals surface area contributed by atoms with E-state index in [9.17, 15) is 19.2 Å². The van der Waals surface area contributed by atoms with Gasteiger partial charge < -0.3 is 15.2 Å². The van der Waals surface area contributed by atoms with Gasteiger partial charge in [-0.2, -0.15) is 0 Å². The van der Waals surface area contributed by atoms with Crippen LogP contribution in [0.4, 0.5) is 0 Å². The Morgan fingerprint density at radius 1 is 1.22 bits per heavy atom. The van der Waals surface area contributed by atoms with Crippen LogP contribution in [0.2, 0.25) is 0 Å². The molecule has 0 radical (unpaired) electrons. The summed E-state index contributed by atoms with van der Waals surface area (Å²) in [6.45, 7) is -0.750. The van der Waals surface area contributed by atoms with E-state index in [4.69, 9.17) is 9.84 Å². The minimum absolute atomic E-state index is 0.0209. The number of halogens is 1. The first kappa shape index (κ1) is 17.1. The Bertz CT molecular complexity index is 675. The number of carbonyl (C=O) groups excluding carboxylic acids is 3. The topological polar surface area (TPSA) is 113 Å². The van der Waals surface area contributed by atoms with E-state index < -0.39 is 36.8 Å². The Balaban J connectivity index is 1.87. The quantitative estimate of drug-likeness (QED) is 0.515. The second-order valence-electron chi connectivity index (χ2n) is 4.68. The Labute approximate surface area is 139 Å². The summed E-state index contributed by atoms with van der Waals surface area (Å²) in [5.74, 6) is -2.68. The first-order chi connectivity index (χ1) is 10.9. The summed E-state index contributed by atoms with van der Waals surface area (Å²) in [4.78, 5) is 47.2. The number of nitrogens with zero attached hydrogens (tertiary/aromatic N) is 1. The van der Waals surface area contributed by atoms with Gasteiger partial charge in [0, 0.05) is 11.0 Å². The monoisotopic (exact) mass is 384 g/mol. The summed E-state index contributed by atoms with van der Waals surface area (Å²) >= 11 is 3.23. The first-order valence-corrected chi connectivity index (χ1v) is 7.41. The number of hydrogen-bond donors (Lipinski definition) is 2. The number of ether oxygens (including phenoxy) is 1. The molecular weight excluding hydrogens is 372 g/mol. The molecule has 8 nitrogen and oxygen atoms in total. The number of carboxylic acids is 1. The molecule has 1 aliphatic heterocycles. The van der Waals surface area contributed by atoms with E-state index in [0.29, 0.717) is 4.47 Å². The number of carbonyl (C=O) groups is 4. The molecule has 0 saturated heterocycles. The summed E-state index contributed by atoms with van der Waals surface area (Å²) < 4.78 is 5.42. The van der Waals surface area contributed by atoms with Crippen molar-refractivity contribution in [1.29, 1.82) is 0 Å². The molecule has 1 aliphatic rings. The molecule has 0 unspecified atom stereocenters. The van der Waals surface area contributed by atoms with Gasteiger partial charge in [-0.25, -0.2) is 4.79 Å². The first-order valence-electron chi connectivity index (χ1n) is 6.62. The number of carboxylic acid groups (broad SMARTS) is 1. The third kappa shape index (κ3) is 4.14. The predicted molar refractivity (Wildman–Crippen MR) is 81.0 cm³/mol. The van der Waals surface area contributed by atoms with Gasteiger partial charge in [-0.15, -0.1) is 0 Å². The standard InChI is InChI=1S/C14H13BrN2O6/c15-8-1-2-9-10(5-8)14(22)17(13(9)21)6-11(18)16-3-4-23-7-12(19)20/h1-2,5H,3-4,6-7H2,(H,16,18)(H,19,20). The van der Waals surface area contributed by atoms with Crippen molar-refractivity contribution in [1.82, 2.24) is 10.2 Å². The lowest BCUT2D eigenvalue weighted by Gasteiger charge is -2.13. The van der Waals surface area contributed by atoms with Crippen molar-refractivity contribution in [3.05, 3.63) is 33.8 Å². The minimum atomic E-state index is -1.10. The number of hydrogen-bond acceptors (Lipinski definition) is 5. The normalized spacial score (nSPS) is 13.2. The van der Waals surface area contributed by atoms with Gasteiger partial charge in [0.15, 0.2) is 0 Å². The van der Waals surface area contributed by atoms with Crippen LogP contribution >= 0.6 is 15.9 Å². The number of aliphatic carboxylic acids is 1. The van der Waals surface area contributed by atoms with Crippen molar-refractivity contribution in [3.8, 4) is 0 Å². The lowest BCUT2D eigenvalue weighted by atomic mass is 10.1. The number of imide groups is 1. The van der Waals surface area contributed by atoms with Gasteiger partial charge in [-0.1, -0.05) is 15.9 Å². The van der Waals surface area contributed by atoms with Crippen molar-refractivity contribution in [2.45, 2.75) is 0 Å². The molecule has 0 aromatic heterocycles. The van der Waals surface area contributed by atoms with Gasteiger partial charge in [0.1, 0.15) is 13.2 Å². The summed E-state index contributed by atoms with van der Waals surface area (Å²) in [5, 5.41) is 10.8. The van der Waals surface area contributed by atoms with Gasteiger partial charge in [-0.05, 0) is 18.2 Å². The lowest BCUT2D eigenvalue weighted by molar-refractivity contribution is -0.142. The summed E-state index contributed by atoms with van der Waals surface area (Å²) in [5.41, 5.74) is 0.512. The van der Waals surface area contributed by atoms with Crippen LogP contribution in [0.5, 0.6) is 0 Å². The zero-order chi connectivity index (χ0) is 17.0. The molecule has 2 N–H and O–H groups in total. The third-order valence-electron chi connectivity index (χ3n) is 3.03. The van der Waals surface area contributed by atoms with E-state index in [-0.39, 0.29) is 24.3 Å². The third-order valence-corrected chi connectivity index (χ3v) is 3.52. The largest absolute Gasteiger partial charge is 0.480 e. The average molecular weight is 385 g/mol. The number of rotatable bonds is 7. The smallest absolute Gasteiger partial charge is 0.329 e. The molecule has 2 rings (SSSR count). The minimum Gasteiger partial charge on any atom is -0.480 e. The second kappa shape index (κ2) is 7.34. The number of benzene rings is 1. The highest BCUT2D eigenvalue weighted by molar-refractivity contribution is 9.10. The fourth-order valence-electron chi connectivity index (χ4n) is 2.03. The molecule has 0 spiro atoms. The lowest BCUT2D eigenvalue weighted by Crippen LogP contribution is -2.41. The Morgan fingerprint density at radius 3 is 2.61 bits per heavy atom. The van der Waals surface area contributed by atoms with Gasteiger partial charge in [-0.3, -0.25) is 19.3 Å². The van der Waals surface area contributed by atoms with Crippen LogP contribution in [0.25, 0.3) is 0 Å². The number of nitrogens with one attached hydrogen (secondary N) is 1.